The Morgan fingerprint density at radius 2 is 2.05 bits per heavy atom. The normalized spacial score (nSPS) is 10.1. The van der Waals surface area contributed by atoms with Crippen LogP contribution in [0.4, 0.5) is 17.1 Å². The number of para-hydroxylation sites is 1. The number of anilines is 3. The molecule has 0 fully saturated rings. The van der Waals surface area contributed by atoms with Gasteiger partial charge in [-0.3, -0.25) is 0 Å². The molecule has 0 radical (unpaired) electrons. The molecule has 0 aliphatic rings. The van der Waals surface area contributed by atoms with Crippen LogP contribution in [0, 0.1) is 0 Å². The molecule has 0 saturated heterocycles. The van der Waals surface area contributed by atoms with Gasteiger partial charge in [0.1, 0.15) is 0 Å². The Labute approximate surface area is 122 Å². The first kappa shape index (κ1) is 14.2. The van der Waals surface area contributed by atoms with Gasteiger partial charge in [0, 0.05) is 10.7 Å². The molecule has 0 heterocycles. The average molecular weight is 291 g/mol. The standard InChI is InChI=1S/C15H15ClN2O2/c1-2-20-15(19)12-7-4-8-13(17)14(12)18-11-6-3-5-10(16)9-11/h3-9,18H,2,17H2,1H3. The van der Waals surface area contributed by atoms with Gasteiger partial charge >= 0.3 is 5.97 Å². The Bertz CT molecular complexity index is 629. The summed E-state index contributed by atoms with van der Waals surface area (Å²) in [6, 6.07) is 12.3. The monoisotopic (exact) mass is 290 g/mol. The second-order valence-electron chi connectivity index (χ2n) is 4.13. The summed E-state index contributed by atoms with van der Waals surface area (Å²) < 4.78 is 5.02. The summed E-state index contributed by atoms with van der Waals surface area (Å²) in [5.74, 6) is -0.413. The van der Waals surface area contributed by atoms with E-state index >= 15 is 0 Å². The molecule has 2 aromatic rings. The molecule has 2 aromatic carbocycles. The number of rotatable bonds is 4. The summed E-state index contributed by atoms with van der Waals surface area (Å²) in [5.41, 5.74) is 8.07. The van der Waals surface area contributed by atoms with Crippen molar-refractivity contribution in [1.29, 1.82) is 0 Å². The molecule has 0 spiro atoms. The maximum Gasteiger partial charge on any atom is 0.340 e. The van der Waals surface area contributed by atoms with Crippen molar-refractivity contribution in [3.8, 4) is 0 Å². The highest BCUT2D eigenvalue weighted by Gasteiger charge is 2.15. The molecule has 3 N–H and O–H groups in total. The molecule has 0 saturated carbocycles. The van der Waals surface area contributed by atoms with E-state index in [9.17, 15) is 4.79 Å². The van der Waals surface area contributed by atoms with Crippen LogP contribution in [0.3, 0.4) is 0 Å². The van der Waals surface area contributed by atoms with Crippen molar-refractivity contribution in [2.24, 2.45) is 0 Å². The fourth-order valence-electron chi connectivity index (χ4n) is 1.80. The van der Waals surface area contributed by atoms with Crippen LogP contribution in [0.2, 0.25) is 5.02 Å². The first-order valence-electron chi connectivity index (χ1n) is 6.20. The number of nitrogen functional groups attached to an aromatic ring is 1. The van der Waals surface area contributed by atoms with Crippen molar-refractivity contribution in [2.45, 2.75) is 6.92 Å². The number of carbonyl (C=O) groups is 1. The lowest BCUT2D eigenvalue weighted by Gasteiger charge is -2.14. The van der Waals surface area contributed by atoms with Crippen LogP contribution in [-0.2, 0) is 4.74 Å². The predicted molar refractivity (Wildman–Crippen MR) is 81.5 cm³/mol. The third-order valence-electron chi connectivity index (χ3n) is 2.69. The van der Waals surface area contributed by atoms with Gasteiger partial charge < -0.3 is 15.8 Å². The summed E-state index contributed by atoms with van der Waals surface area (Å²) in [6.07, 6.45) is 0. The smallest absolute Gasteiger partial charge is 0.340 e. The minimum absolute atomic E-state index is 0.310. The van der Waals surface area contributed by atoms with Gasteiger partial charge in [-0.1, -0.05) is 23.7 Å². The minimum Gasteiger partial charge on any atom is -0.462 e. The summed E-state index contributed by atoms with van der Waals surface area (Å²) in [5, 5.41) is 3.71. The number of hydrogen-bond acceptors (Lipinski definition) is 4. The fourth-order valence-corrected chi connectivity index (χ4v) is 1.99. The molecule has 0 aliphatic carbocycles. The Morgan fingerprint density at radius 1 is 1.30 bits per heavy atom. The lowest BCUT2D eigenvalue weighted by Crippen LogP contribution is -2.09. The summed E-state index contributed by atoms with van der Waals surface area (Å²) in [7, 11) is 0. The van der Waals surface area contributed by atoms with Crippen molar-refractivity contribution in [3.63, 3.8) is 0 Å². The molecular weight excluding hydrogens is 276 g/mol. The highest BCUT2D eigenvalue weighted by atomic mass is 35.5. The SMILES string of the molecule is CCOC(=O)c1cccc(N)c1Nc1cccc(Cl)c1. The maximum absolute atomic E-state index is 11.9. The van der Waals surface area contributed by atoms with Gasteiger partial charge in [0.25, 0.3) is 0 Å². The molecule has 0 bridgehead atoms. The van der Waals surface area contributed by atoms with Crippen LogP contribution < -0.4 is 11.1 Å². The highest BCUT2D eigenvalue weighted by Crippen LogP contribution is 2.29. The fraction of sp³-hybridized carbons (Fsp3) is 0.133. The van der Waals surface area contributed by atoms with Gasteiger partial charge in [-0.25, -0.2) is 4.79 Å². The van der Waals surface area contributed by atoms with Crippen LogP contribution in [0.5, 0.6) is 0 Å². The molecule has 2 rings (SSSR count). The van der Waals surface area contributed by atoms with Gasteiger partial charge in [0.2, 0.25) is 0 Å². The second kappa shape index (κ2) is 6.30. The number of halogens is 1. The lowest BCUT2D eigenvalue weighted by molar-refractivity contribution is 0.0527. The van der Waals surface area contributed by atoms with E-state index in [1.54, 1.807) is 37.3 Å². The third-order valence-corrected chi connectivity index (χ3v) is 2.92. The van der Waals surface area contributed by atoms with Crippen molar-refractivity contribution in [1.82, 2.24) is 0 Å². The largest absolute Gasteiger partial charge is 0.462 e. The first-order chi connectivity index (χ1) is 9.61. The van der Waals surface area contributed by atoms with E-state index in [4.69, 9.17) is 22.1 Å². The number of ether oxygens (including phenoxy) is 1. The van der Waals surface area contributed by atoms with Gasteiger partial charge in [0.05, 0.1) is 23.5 Å². The molecular formula is C15H15ClN2O2. The Balaban J connectivity index is 2.37. The topological polar surface area (TPSA) is 64.3 Å². The van der Waals surface area contributed by atoms with E-state index in [-0.39, 0.29) is 0 Å². The number of nitrogens with two attached hydrogens (primary N) is 1. The number of carbonyl (C=O) groups excluding carboxylic acids is 1. The van der Waals surface area contributed by atoms with Gasteiger partial charge in [-0.05, 0) is 37.3 Å². The summed E-state index contributed by atoms with van der Waals surface area (Å²) >= 11 is 5.94. The second-order valence-corrected chi connectivity index (χ2v) is 4.56. The molecule has 20 heavy (non-hydrogen) atoms. The molecule has 0 aliphatic heterocycles. The van der Waals surface area contributed by atoms with Crippen LogP contribution in [0.1, 0.15) is 17.3 Å². The highest BCUT2D eigenvalue weighted by molar-refractivity contribution is 6.30. The Morgan fingerprint density at radius 3 is 2.75 bits per heavy atom. The summed E-state index contributed by atoms with van der Waals surface area (Å²) in [4.78, 5) is 11.9. The predicted octanol–water partition coefficient (Wildman–Crippen LogP) is 3.84. The quantitative estimate of drug-likeness (QED) is 0.663. The molecule has 104 valence electrons. The van der Waals surface area contributed by atoms with Crippen LogP contribution in [-0.4, -0.2) is 12.6 Å². The maximum atomic E-state index is 11.9. The molecule has 0 amide bonds. The summed E-state index contributed by atoms with van der Waals surface area (Å²) in [6.45, 7) is 2.07. The van der Waals surface area contributed by atoms with Crippen LogP contribution >= 0.6 is 11.6 Å². The molecule has 0 unspecified atom stereocenters. The number of hydrogen-bond donors (Lipinski definition) is 2. The molecule has 0 atom stereocenters. The van der Waals surface area contributed by atoms with Gasteiger partial charge in [-0.2, -0.15) is 0 Å². The molecule has 5 heteroatoms. The van der Waals surface area contributed by atoms with E-state index in [0.29, 0.717) is 28.6 Å². The van der Waals surface area contributed by atoms with Gasteiger partial charge in [-0.15, -0.1) is 0 Å². The van der Waals surface area contributed by atoms with E-state index in [1.165, 1.54) is 0 Å². The molecule has 4 nitrogen and oxygen atoms in total. The van der Waals surface area contributed by atoms with E-state index < -0.39 is 5.97 Å². The minimum atomic E-state index is -0.413. The van der Waals surface area contributed by atoms with Crippen molar-refractivity contribution >= 4 is 34.6 Å². The van der Waals surface area contributed by atoms with Crippen molar-refractivity contribution in [3.05, 3.63) is 53.1 Å². The Kier molecular flexibility index (Phi) is 4.48. The number of benzene rings is 2. The first-order valence-corrected chi connectivity index (χ1v) is 6.58. The number of nitrogens with one attached hydrogen (secondary N) is 1. The van der Waals surface area contributed by atoms with Crippen molar-refractivity contribution < 1.29 is 9.53 Å². The van der Waals surface area contributed by atoms with E-state index in [0.717, 1.165) is 5.69 Å². The third kappa shape index (κ3) is 3.22. The molecule has 0 aromatic heterocycles. The van der Waals surface area contributed by atoms with Crippen molar-refractivity contribution in [2.75, 3.05) is 17.7 Å². The lowest BCUT2D eigenvalue weighted by atomic mass is 10.1. The van der Waals surface area contributed by atoms with E-state index in [1.807, 2.05) is 12.1 Å². The zero-order chi connectivity index (χ0) is 14.5. The zero-order valence-corrected chi connectivity index (χ0v) is 11.8. The van der Waals surface area contributed by atoms with Gasteiger partial charge in [0.15, 0.2) is 0 Å². The van der Waals surface area contributed by atoms with E-state index in [2.05, 4.69) is 5.32 Å². The number of esters is 1. The Hall–Kier alpha value is -2.20. The average Bonchev–Trinajstić information content (AvgIpc) is 2.41. The van der Waals surface area contributed by atoms with Crippen LogP contribution in [0.15, 0.2) is 42.5 Å². The van der Waals surface area contributed by atoms with Crippen LogP contribution in [0.25, 0.3) is 0 Å². The zero-order valence-electron chi connectivity index (χ0n) is 11.0.